The normalized spacial score (nSPS) is 14.8. The van der Waals surface area contributed by atoms with E-state index in [1.54, 1.807) is 31.2 Å². The van der Waals surface area contributed by atoms with Crippen molar-refractivity contribution in [2.45, 2.75) is 71.0 Å². The largest absolute Gasteiger partial charge is 0.494 e. The lowest BCUT2D eigenvalue weighted by Crippen LogP contribution is -2.26. The number of hydrogen-bond donors (Lipinski definition) is 0. The molecule has 7 nitrogen and oxygen atoms in total. The molecule has 3 aromatic carbocycles. The average Bonchev–Trinajstić information content (AvgIpc) is 3.75. The predicted molar refractivity (Wildman–Crippen MR) is 166 cm³/mol. The summed E-state index contributed by atoms with van der Waals surface area (Å²) in [4.78, 5) is 24.2. The molecule has 1 aliphatic rings. The maximum atomic E-state index is 12.5. The summed E-state index contributed by atoms with van der Waals surface area (Å²) < 4.78 is 27.6. The minimum absolute atomic E-state index is 0.228. The van der Waals surface area contributed by atoms with E-state index in [0.29, 0.717) is 17.4 Å². The van der Waals surface area contributed by atoms with Gasteiger partial charge in [0.2, 0.25) is 0 Å². The van der Waals surface area contributed by atoms with Crippen molar-refractivity contribution < 1.29 is 33.0 Å². The molecule has 226 valence electrons. The maximum absolute atomic E-state index is 12.5. The van der Waals surface area contributed by atoms with Gasteiger partial charge >= 0.3 is 11.9 Å². The lowest BCUT2D eigenvalue weighted by molar-refractivity contribution is -0.152. The van der Waals surface area contributed by atoms with Gasteiger partial charge in [0.25, 0.3) is 0 Å². The quantitative estimate of drug-likeness (QED) is 0.0742. The summed E-state index contributed by atoms with van der Waals surface area (Å²) in [5.41, 5.74) is 4.10. The van der Waals surface area contributed by atoms with E-state index in [-0.39, 0.29) is 6.61 Å². The molecule has 0 aliphatic carbocycles. The molecule has 4 aromatic rings. The number of carbonyl (C=O) groups is 2. The van der Waals surface area contributed by atoms with Gasteiger partial charge in [0.1, 0.15) is 17.1 Å². The number of benzene rings is 3. The Balaban J connectivity index is 1.15. The van der Waals surface area contributed by atoms with E-state index in [2.05, 4.69) is 18.2 Å². The van der Waals surface area contributed by atoms with Crippen molar-refractivity contribution >= 4 is 22.9 Å². The number of fused-ring (bicyclic) bond motifs is 1. The lowest BCUT2D eigenvalue weighted by Gasteiger charge is -2.12. The van der Waals surface area contributed by atoms with Gasteiger partial charge in [-0.05, 0) is 74.2 Å². The van der Waals surface area contributed by atoms with Crippen LogP contribution in [0.15, 0.2) is 77.2 Å². The van der Waals surface area contributed by atoms with Crippen LogP contribution < -0.4 is 4.74 Å². The van der Waals surface area contributed by atoms with Gasteiger partial charge in [-0.2, -0.15) is 0 Å². The Labute approximate surface area is 253 Å². The highest BCUT2D eigenvalue weighted by atomic mass is 16.6. The number of rotatable bonds is 16. The minimum Gasteiger partial charge on any atom is -0.494 e. The zero-order valence-corrected chi connectivity index (χ0v) is 25.0. The first-order valence-corrected chi connectivity index (χ1v) is 15.4. The molecule has 2 unspecified atom stereocenters. The third-order valence-corrected chi connectivity index (χ3v) is 7.63. The van der Waals surface area contributed by atoms with E-state index >= 15 is 0 Å². The van der Waals surface area contributed by atoms with Gasteiger partial charge in [0.05, 0.1) is 31.5 Å². The van der Waals surface area contributed by atoms with Gasteiger partial charge in [-0.1, -0.05) is 68.5 Å². The molecule has 1 saturated heterocycles. The molecular weight excluding hydrogens is 544 g/mol. The van der Waals surface area contributed by atoms with Crippen LogP contribution in [0.3, 0.4) is 0 Å². The topological polar surface area (TPSA) is 87.5 Å². The van der Waals surface area contributed by atoms with Crippen LogP contribution in [0.1, 0.15) is 69.2 Å². The predicted octanol–water partition coefficient (Wildman–Crippen LogP) is 8.38. The molecule has 1 fully saturated rings. The molecule has 0 saturated carbocycles. The summed E-state index contributed by atoms with van der Waals surface area (Å²) in [5, 5.41) is 1.00. The summed E-state index contributed by atoms with van der Waals surface area (Å²) in [5.74, 6) is 0.416. The summed E-state index contributed by atoms with van der Waals surface area (Å²) in [6, 6.07) is 23.2. The Morgan fingerprint density at radius 3 is 2.30 bits per heavy atom. The monoisotopic (exact) mass is 584 g/mol. The van der Waals surface area contributed by atoms with E-state index < -0.39 is 18.0 Å². The molecule has 7 heteroatoms. The minimum atomic E-state index is -0.973. The molecule has 43 heavy (non-hydrogen) atoms. The first-order chi connectivity index (χ1) is 21.0. The number of ether oxygens (including phenoxy) is 4. The Morgan fingerprint density at radius 1 is 0.884 bits per heavy atom. The molecule has 0 bridgehead atoms. The second-order valence-corrected chi connectivity index (χ2v) is 10.9. The molecular formula is C36H40O7. The van der Waals surface area contributed by atoms with Crippen LogP contribution in [0.25, 0.3) is 33.4 Å². The Hall–Kier alpha value is -4.10. The Morgan fingerprint density at radius 2 is 1.58 bits per heavy atom. The molecule has 2 heterocycles. The van der Waals surface area contributed by atoms with E-state index in [4.69, 9.17) is 23.4 Å². The molecule has 1 aromatic heterocycles. The number of unbranched alkanes of at least 4 members (excludes halogenated alkanes) is 5. The zero-order chi connectivity index (χ0) is 30.0. The van der Waals surface area contributed by atoms with Crippen molar-refractivity contribution in [1.29, 1.82) is 0 Å². The summed E-state index contributed by atoms with van der Waals surface area (Å²) >= 11 is 0. The maximum Gasteiger partial charge on any atom is 0.347 e. The van der Waals surface area contributed by atoms with Gasteiger partial charge in [-0.3, -0.25) is 0 Å². The van der Waals surface area contributed by atoms with Crippen molar-refractivity contribution in [3.05, 3.63) is 78.4 Å². The van der Waals surface area contributed by atoms with Crippen LogP contribution >= 0.6 is 0 Å². The van der Waals surface area contributed by atoms with Crippen molar-refractivity contribution in [3.63, 3.8) is 0 Å². The fraction of sp³-hybridized carbons (Fsp3) is 0.389. The van der Waals surface area contributed by atoms with Crippen LogP contribution in [0.4, 0.5) is 0 Å². The van der Waals surface area contributed by atoms with E-state index in [1.807, 2.05) is 30.3 Å². The van der Waals surface area contributed by atoms with E-state index in [1.165, 1.54) is 45.4 Å². The van der Waals surface area contributed by atoms with Crippen LogP contribution in [-0.4, -0.2) is 44.0 Å². The van der Waals surface area contributed by atoms with Crippen LogP contribution in [0.2, 0.25) is 0 Å². The fourth-order valence-electron chi connectivity index (χ4n) is 5.10. The van der Waals surface area contributed by atoms with Crippen molar-refractivity contribution in [2.24, 2.45) is 0 Å². The molecule has 2 atom stereocenters. The SMILES string of the molecule is CCOC(=O)C(C)OC(=O)c1ccc(-c2cc3c(-c4ccc(OCCCCCCCCC5CO5)cc4)cccc3o2)cc1. The number of furan rings is 1. The zero-order valence-electron chi connectivity index (χ0n) is 25.0. The summed E-state index contributed by atoms with van der Waals surface area (Å²) in [6.45, 7) is 5.13. The van der Waals surface area contributed by atoms with Crippen molar-refractivity contribution in [1.82, 2.24) is 0 Å². The Kier molecular flexibility index (Phi) is 10.5. The van der Waals surface area contributed by atoms with Crippen LogP contribution in [0.5, 0.6) is 5.75 Å². The van der Waals surface area contributed by atoms with Gasteiger partial charge in [0, 0.05) is 10.9 Å². The number of epoxide rings is 1. The van der Waals surface area contributed by atoms with E-state index in [0.717, 1.165) is 53.0 Å². The number of carbonyl (C=O) groups excluding carboxylic acids is 2. The van der Waals surface area contributed by atoms with Crippen LogP contribution in [0, 0.1) is 0 Å². The van der Waals surface area contributed by atoms with Crippen LogP contribution in [-0.2, 0) is 19.0 Å². The first kappa shape index (κ1) is 30.4. The van der Waals surface area contributed by atoms with Crippen molar-refractivity contribution in [2.75, 3.05) is 19.8 Å². The van der Waals surface area contributed by atoms with E-state index in [9.17, 15) is 9.59 Å². The lowest BCUT2D eigenvalue weighted by atomic mass is 10.0. The highest BCUT2D eigenvalue weighted by Crippen LogP contribution is 2.35. The molecule has 5 rings (SSSR count). The standard InChI is InChI=1S/C36H40O7/c1-3-39-35(37)25(2)42-36(38)28-16-14-27(15-17-28)34-23-32-31(12-10-13-33(32)43-34)26-18-20-29(21-19-26)40-22-9-7-5-4-6-8-11-30-24-41-30/h10,12-21,23,25,30H,3-9,11,22,24H2,1-2H3. The van der Waals surface area contributed by atoms with Gasteiger partial charge in [-0.15, -0.1) is 0 Å². The molecule has 0 amide bonds. The molecule has 0 spiro atoms. The molecule has 0 radical (unpaired) electrons. The third kappa shape index (κ3) is 8.48. The number of esters is 2. The summed E-state index contributed by atoms with van der Waals surface area (Å²) in [6.07, 6.45) is 8.22. The van der Waals surface area contributed by atoms with Crippen molar-refractivity contribution in [3.8, 4) is 28.2 Å². The fourth-order valence-corrected chi connectivity index (χ4v) is 5.10. The number of hydrogen-bond acceptors (Lipinski definition) is 7. The third-order valence-electron chi connectivity index (χ3n) is 7.63. The second-order valence-electron chi connectivity index (χ2n) is 10.9. The highest BCUT2D eigenvalue weighted by Gasteiger charge is 2.21. The molecule has 0 N–H and O–H groups in total. The summed E-state index contributed by atoms with van der Waals surface area (Å²) in [7, 11) is 0. The smallest absolute Gasteiger partial charge is 0.347 e. The van der Waals surface area contributed by atoms with Gasteiger partial charge in [0.15, 0.2) is 6.10 Å². The second kappa shape index (κ2) is 14.9. The Bertz CT molecular complexity index is 1480. The first-order valence-electron chi connectivity index (χ1n) is 15.4. The van der Waals surface area contributed by atoms with Gasteiger partial charge in [-0.25, -0.2) is 9.59 Å². The average molecular weight is 585 g/mol. The van der Waals surface area contributed by atoms with Gasteiger partial charge < -0.3 is 23.4 Å². The highest BCUT2D eigenvalue weighted by molar-refractivity contribution is 5.97. The molecule has 1 aliphatic heterocycles.